The summed E-state index contributed by atoms with van der Waals surface area (Å²) in [5.74, 6) is -0.713. The third-order valence-corrected chi connectivity index (χ3v) is 4.20. The maximum absolute atomic E-state index is 12.8. The molecule has 0 aliphatic carbocycles. The number of amides is 1. The number of rotatable bonds is 5. The molecule has 1 amide bonds. The van der Waals surface area contributed by atoms with Crippen molar-refractivity contribution in [1.29, 1.82) is 0 Å². The van der Waals surface area contributed by atoms with Gasteiger partial charge in [-0.15, -0.1) is 0 Å². The molecule has 0 radical (unpaired) electrons. The fourth-order valence-corrected chi connectivity index (χ4v) is 2.81. The van der Waals surface area contributed by atoms with Gasteiger partial charge in [0.1, 0.15) is 0 Å². The fourth-order valence-electron chi connectivity index (χ4n) is 2.81. The number of methoxy groups -OCH3 is 1. The first-order valence-corrected chi connectivity index (χ1v) is 8.24. The second-order valence-electron chi connectivity index (χ2n) is 6.03. The number of ether oxygens (including phenoxy) is 1. The Morgan fingerprint density at radius 1 is 1.23 bits per heavy atom. The van der Waals surface area contributed by atoms with Crippen LogP contribution in [0.2, 0.25) is 0 Å². The minimum absolute atomic E-state index is 0.0435. The van der Waals surface area contributed by atoms with Crippen LogP contribution < -0.4 is 5.32 Å². The number of carbonyl (C=O) groups excluding carboxylic acids is 2. The standard InChI is InChI=1S/C19H20N4O3/c1-12-9-17-20-11-15(13(2)23(17)22-12)19(25)21-16(10-18(24)26-3)14-7-5-4-6-8-14/h4-9,11,16H,10H2,1-3H3,(H,21,25). The molecule has 1 atom stereocenters. The molecule has 7 heteroatoms. The number of benzene rings is 1. The summed E-state index contributed by atoms with van der Waals surface area (Å²) < 4.78 is 6.40. The molecule has 2 aromatic heterocycles. The summed E-state index contributed by atoms with van der Waals surface area (Å²) in [4.78, 5) is 28.9. The number of aryl methyl sites for hydroxylation is 2. The van der Waals surface area contributed by atoms with Gasteiger partial charge in [-0.05, 0) is 19.4 Å². The minimum Gasteiger partial charge on any atom is -0.469 e. The molecule has 0 spiro atoms. The average Bonchev–Trinajstić information content (AvgIpc) is 3.03. The fraction of sp³-hybridized carbons (Fsp3) is 0.263. The Kier molecular flexibility index (Phi) is 4.97. The van der Waals surface area contributed by atoms with Crippen LogP contribution in [0, 0.1) is 13.8 Å². The van der Waals surface area contributed by atoms with Gasteiger partial charge >= 0.3 is 5.97 Å². The number of nitrogens with one attached hydrogen (secondary N) is 1. The molecule has 26 heavy (non-hydrogen) atoms. The summed E-state index contributed by atoms with van der Waals surface area (Å²) in [5, 5.41) is 7.26. The van der Waals surface area contributed by atoms with Crippen LogP contribution >= 0.6 is 0 Å². The van der Waals surface area contributed by atoms with Gasteiger partial charge in [-0.2, -0.15) is 5.10 Å². The van der Waals surface area contributed by atoms with Gasteiger partial charge in [0, 0.05) is 12.3 Å². The van der Waals surface area contributed by atoms with Crippen molar-refractivity contribution in [2.75, 3.05) is 7.11 Å². The smallest absolute Gasteiger partial charge is 0.307 e. The zero-order chi connectivity index (χ0) is 18.7. The molecule has 1 aromatic carbocycles. The van der Waals surface area contributed by atoms with E-state index in [0.29, 0.717) is 16.9 Å². The van der Waals surface area contributed by atoms with Crippen molar-refractivity contribution in [3.05, 3.63) is 65.1 Å². The zero-order valence-corrected chi connectivity index (χ0v) is 14.9. The summed E-state index contributed by atoms with van der Waals surface area (Å²) in [6, 6.07) is 10.7. The second-order valence-corrected chi connectivity index (χ2v) is 6.03. The summed E-state index contributed by atoms with van der Waals surface area (Å²) in [6.45, 7) is 3.68. The molecule has 0 fully saturated rings. The largest absolute Gasteiger partial charge is 0.469 e. The van der Waals surface area contributed by atoms with Gasteiger partial charge in [-0.25, -0.2) is 9.50 Å². The number of hydrogen-bond acceptors (Lipinski definition) is 5. The third kappa shape index (κ3) is 3.56. The molecule has 1 N–H and O–H groups in total. The Morgan fingerprint density at radius 3 is 2.65 bits per heavy atom. The molecule has 1 unspecified atom stereocenters. The molecule has 134 valence electrons. The monoisotopic (exact) mass is 352 g/mol. The van der Waals surface area contributed by atoms with Gasteiger partial charge in [0.2, 0.25) is 0 Å². The molecule has 2 heterocycles. The lowest BCUT2D eigenvalue weighted by Crippen LogP contribution is -2.31. The Hall–Kier alpha value is -3.22. The van der Waals surface area contributed by atoms with Gasteiger partial charge in [0.25, 0.3) is 5.91 Å². The number of hydrogen-bond donors (Lipinski definition) is 1. The average molecular weight is 352 g/mol. The highest BCUT2D eigenvalue weighted by molar-refractivity contribution is 5.95. The molecular weight excluding hydrogens is 332 g/mol. The lowest BCUT2D eigenvalue weighted by Gasteiger charge is -2.19. The van der Waals surface area contributed by atoms with E-state index < -0.39 is 12.0 Å². The molecule has 0 bridgehead atoms. The molecule has 0 saturated heterocycles. The molecule has 0 saturated carbocycles. The van der Waals surface area contributed by atoms with Gasteiger partial charge < -0.3 is 10.1 Å². The van der Waals surface area contributed by atoms with Crippen molar-refractivity contribution in [2.24, 2.45) is 0 Å². The van der Waals surface area contributed by atoms with Crippen LogP contribution in [0.3, 0.4) is 0 Å². The van der Waals surface area contributed by atoms with E-state index in [1.54, 1.807) is 4.52 Å². The minimum atomic E-state index is -0.495. The van der Waals surface area contributed by atoms with Gasteiger partial charge in [0.05, 0.1) is 36.5 Å². The SMILES string of the molecule is COC(=O)CC(NC(=O)c1cnc2cc(C)nn2c1C)c1ccccc1. The molecule has 3 rings (SSSR count). The number of carbonyl (C=O) groups is 2. The van der Waals surface area contributed by atoms with Crippen molar-refractivity contribution in [2.45, 2.75) is 26.3 Å². The number of aromatic nitrogens is 3. The van der Waals surface area contributed by atoms with E-state index in [4.69, 9.17) is 4.74 Å². The first kappa shape index (κ1) is 17.6. The van der Waals surface area contributed by atoms with E-state index in [9.17, 15) is 9.59 Å². The van der Waals surface area contributed by atoms with E-state index in [1.165, 1.54) is 13.3 Å². The summed E-state index contributed by atoms with van der Waals surface area (Å²) in [5.41, 5.74) is 3.43. The van der Waals surface area contributed by atoms with Gasteiger partial charge in [-0.3, -0.25) is 9.59 Å². The van der Waals surface area contributed by atoms with Crippen LogP contribution in [-0.4, -0.2) is 33.6 Å². The number of nitrogens with zero attached hydrogens (tertiary/aromatic N) is 3. The highest BCUT2D eigenvalue weighted by Gasteiger charge is 2.21. The zero-order valence-electron chi connectivity index (χ0n) is 14.9. The Labute approximate surface area is 151 Å². The Bertz CT molecular complexity index is 950. The predicted octanol–water partition coefficient (Wildman–Crippen LogP) is 2.38. The lowest BCUT2D eigenvalue weighted by molar-refractivity contribution is -0.141. The van der Waals surface area contributed by atoms with Crippen LogP contribution in [0.4, 0.5) is 0 Å². The van der Waals surface area contributed by atoms with E-state index in [-0.39, 0.29) is 12.3 Å². The second kappa shape index (κ2) is 7.35. The normalized spacial score (nSPS) is 12.0. The molecular formula is C19H20N4O3. The Balaban J connectivity index is 1.90. The van der Waals surface area contributed by atoms with Crippen LogP contribution in [-0.2, 0) is 9.53 Å². The van der Waals surface area contributed by atoms with Crippen LogP contribution in [0.5, 0.6) is 0 Å². The van der Waals surface area contributed by atoms with Crippen molar-refractivity contribution in [1.82, 2.24) is 19.9 Å². The summed E-state index contributed by atoms with van der Waals surface area (Å²) in [6.07, 6.45) is 1.57. The maximum Gasteiger partial charge on any atom is 0.307 e. The molecule has 3 aromatic rings. The number of fused-ring (bicyclic) bond motifs is 1. The molecule has 7 nitrogen and oxygen atoms in total. The highest BCUT2D eigenvalue weighted by atomic mass is 16.5. The first-order chi connectivity index (χ1) is 12.5. The topological polar surface area (TPSA) is 85.6 Å². The van der Waals surface area contributed by atoms with Crippen molar-refractivity contribution >= 4 is 17.5 Å². The third-order valence-electron chi connectivity index (χ3n) is 4.20. The molecule has 0 aliphatic rings. The summed E-state index contributed by atoms with van der Waals surface area (Å²) >= 11 is 0. The number of esters is 1. The van der Waals surface area contributed by atoms with Crippen molar-refractivity contribution < 1.29 is 14.3 Å². The Morgan fingerprint density at radius 2 is 1.96 bits per heavy atom. The van der Waals surface area contributed by atoms with Crippen LogP contribution in [0.15, 0.2) is 42.6 Å². The van der Waals surface area contributed by atoms with Crippen LogP contribution in [0.25, 0.3) is 5.65 Å². The quantitative estimate of drug-likeness (QED) is 0.713. The van der Waals surface area contributed by atoms with E-state index in [0.717, 1.165) is 11.3 Å². The summed E-state index contributed by atoms with van der Waals surface area (Å²) in [7, 11) is 1.33. The van der Waals surface area contributed by atoms with Gasteiger partial charge in [0.15, 0.2) is 5.65 Å². The van der Waals surface area contributed by atoms with Crippen molar-refractivity contribution in [3.63, 3.8) is 0 Å². The maximum atomic E-state index is 12.8. The molecule has 0 aliphatic heterocycles. The lowest BCUT2D eigenvalue weighted by atomic mass is 10.0. The van der Waals surface area contributed by atoms with Gasteiger partial charge in [-0.1, -0.05) is 30.3 Å². The van der Waals surface area contributed by atoms with Crippen molar-refractivity contribution in [3.8, 4) is 0 Å². The van der Waals surface area contributed by atoms with E-state index >= 15 is 0 Å². The highest BCUT2D eigenvalue weighted by Crippen LogP contribution is 2.19. The van der Waals surface area contributed by atoms with E-state index in [1.807, 2.05) is 50.2 Å². The first-order valence-electron chi connectivity index (χ1n) is 8.24. The predicted molar refractivity (Wildman–Crippen MR) is 95.7 cm³/mol. The van der Waals surface area contributed by atoms with E-state index in [2.05, 4.69) is 15.4 Å². The van der Waals surface area contributed by atoms with Crippen LogP contribution in [0.1, 0.15) is 39.8 Å².